The molecule has 1 aliphatic rings. The van der Waals surface area contributed by atoms with Gasteiger partial charge >= 0.3 is 0 Å². The largest absolute Gasteiger partial charge is 0.494 e. The van der Waals surface area contributed by atoms with Crippen molar-refractivity contribution in [1.29, 1.82) is 0 Å². The summed E-state index contributed by atoms with van der Waals surface area (Å²) in [6, 6.07) is 10.3. The highest BCUT2D eigenvalue weighted by Gasteiger charge is 2.22. The summed E-state index contributed by atoms with van der Waals surface area (Å²) in [4.78, 5) is 4.81. The zero-order valence-corrected chi connectivity index (χ0v) is 15.2. The van der Waals surface area contributed by atoms with E-state index in [1.165, 1.54) is 12.8 Å². The third-order valence-corrected chi connectivity index (χ3v) is 4.56. The highest BCUT2D eigenvalue weighted by molar-refractivity contribution is 5.20. The number of hydrogen-bond donors (Lipinski definition) is 0. The summed E-state index contributed by atoms with van der Waals surface area (Å²) in [6.45, 7) is 4.50. The average Bonchev–Trinajstić information content (AvgIpc) is 3.29. The number of aromatic nitrogens is 3. The molecule has 1 aromatic heterocycles. The molecule has 0 N–H and O–H groups in total. The summed E-state index contributed by atoms with van der Waals surface area (Å²) in [7, 11) is 0. The fourth-order valence-corrected chi connectivity index (χ4v) is 3.16. The summed E-state index contributed by atoms with van der Waals surface area (Å²) in [5, 5.41) is 4.79. The predicted octanol–water partition coefficient (Wildman–Crippen LogP) is 3.98. The highest BCUT2D eigenvalue weighted by atomic mass is 16.5. The maximum absolute atomic E-state index is 5.80. The van der Waals surface area contributed by atoms with Gasteiger partial charge in [0.2, 0.25) is 0 Å². The van der Waals surface area contributed by atoms with Crippen molar-refractivity contribution in [3.05, 3.63) is 42.0 Å². The van der Waals surface area contributed by atoms with E-state index >= 15 is 0 Å². The van der Waals surface area contributed by atoms with Crippen LogP contribution in [0.1, 0.15) is 56.7 Å². The molecule has 0 saturated carbocycles. The lowest BCUT2D eigenvalue weighted by molar-refractivity contribution is 0.183. The highest BCUT2D eigenvalue weighted by Crippen LogP contribution is 2.21. The summed E-state index contributed by atoms with van der Waals surface area (Å²) < 4.78 is 13.5. The number of benzene rings is 1. The number of para-hydroxylation sites is 1. The van der Waals surface area contributed by atoms with E-state index in [-0.39, 0.29) is 0 Å². The maximum atomic E-state index is 5.80. The van der Waals surface area contributed by atoms with Crippen LogP contribution >= 0.6 is 0 Å². The van der Waals surface area contributed by atoms with Crippen LogP contribution in [0, 0.1) is 0 Å². The molecule has 3 rings (SSSR count). The van der Waals surface area contributed by atoms with E-state index in [4.69, 9.17) is 19.6 Å². The Morgan fingerprint density at radius 2 is 2.04 bits per heavy atom. The Kier molecular flexibility index (Phi) is 6.86. The third kappa shape index (κ3) is 5.30. The first-order valence-electron chi connectivity index (χ1n) is 9.56. The molecule has 1 fully saturated rings. The Balaban J connectivity index is 1.55. The molecular weight excluding hydrogens is 314 g/mol. The van der Waals surface area contributed by atoms with Gasteiger partial charge in [0.05, 0.1) is 19.3 Å². The first-order valence-corrected chi connectivity index (χ1v) is 9.56. The van der Waals surface area contributed by atoms with Crippen LogP contribution in [0.3, 0.4) is 0 Å². The van der Waals surface area contributed by atoms with Gasteiger partial charge in [0.25, 0.3) is 0 Å². The molecule has 2 heterocycles. The molecule has 0 spiro atoms. The molecule has 5 nitrogen and oxygen atoms in total. The minimum Gasteiger partial charge on any atom is -0.494 e. The van der Waals surface area contributed by atoms with E-state index in [1.807, 2.05) is 30.3 Å². The molecule has 1 saturated heterocycles. The van der Waals surface area contributed by atoms with Crippen LogP contribution in [0.25, 0.3) is 0 Å². The predicted molar refractivity (Wildman–Crippen MR) is 98.0 cm³/mol. The molecule has 1 atom stereocenters. The van der Waals surface area contributed by atoms with Gasteiger partial charge in [-0.3, -0.25) is 0 Å². The van der Waals surface area contributed by atoms with Crippen molar-refractivity contribution in [1.82, 2.24) is 14.8 Å². The van der Waals surface area contributed by atoms with Gasteiger partial charge in [-0.25, -0.2) is 9.67 Å². The van der Waals surface area contributed by atoms with Crippen LogP contribution < -0.4 is 4.74 Å². The van der Waals surface area contributed by atoms with Gasteiger partial charge in [-0.2, -0.15) is 5.10 Å². The summed E-state index contributed by atoms with van der Waals surface area (Å²) in [5.41, 5.74) is 0. The molecule has 1 aromatic carbocycles. The second-order valence-electron chi connectivity index (χ2n) is 6.63. The van der Waals surface area contributed by atoms with Crippen molar-refractivity contribution in [3.8, 4) is 5.75 Å². The van der Waals surface area contributed by atoms with Gasteiger partial charge in [-0.1, -0.05) is 38.0 Å². The smallest absolute Gasteiger partial charge is 0.150 e. The molecule has 0 bridgehead atoms. The fraction of sp³-hybridized carbons (Fsp3) is 0.600. The van der Waals surface area contributed by atoms with Crippen LogP contribution in [-0.2, 0) is 17.6 Å². The number of nitrogens with zero attached hydrogens (tertiary/aromatic N) is 3. The van der Waals surface area contributed by atoms with Crippen LogP contribution in [0.5, 0.6) is 5.75 Å². The lowest BCUT2D eigenvalue weighted by atomic mass is 10.2. The number of hydrogen-bond acceptors (Lipinski definition) is 4. The van der Waals surface area contributed by atoms with Crippen LogP contribution in [0.15, 0.2) is 30.3 Å². The standard InChI is InChI=1S/C20H29N3O2/c1-2-3-5-11-19-21-20(23(22-19)17-13-15-24-16-17)12-8-14-25-18-9-6-4-7-10-18/h4,6-7,9-10,17H,2-3,5,8,11-16H2,1H3. The first-order chi connectivity index (χ1) is 12.4. The van der Waals surface area contributed by atoms with Crippen molar-refractivity contribution >= 4 is 0 Å². The van der Waals surface area contributed by atoms with Crippen molar-refractivity contribution in [2.24, 2.45) is 0 Å². The summed E-state index contributed by atoms with van der Waals surface area (Å²) in [5.74, 6) is 2.99. The second kappa shape index (κ2) is 9.56. The van der Waals surface area contributed by atoms with E-state index in [1.54, 1.807) is 0 Å². The quantitative estimate of drug-likeness (QED) is 0.612. The summed E-state index contributed by atoms with van der Waals surface area (Å²) in [6.07, 6.45) is 7.47. The third-order valence-electron chi connectivity index (χ3n) is 4.56. The van der Waals surface area contributed by atoms with Gasteiger partial charge < -0.3 is 9.47 Å². The van der Waals surface area contributed by atoms with E-state index in [0.29, 0.717) is 12.6 Å². The lowest BCUT2D eigenvalue weighted by Gasteiger charge is -2.11. The SMILES string of the molecule is CCCCCc1nc(CCCOc2ccccc2)n(C2CCOC2)n1. The molecular formula is C20H29N3O2. The Labute approximate surface area is 150 Å². The van der Waals surface area contributed by atoms with E-state index < -0.39 is 0 Å². The normalized spacial score (nSPS) is 17.1. The Bertz CT molecular complexity index is 621. The van der Waals surface area contributed by atoms with Crippen molar-refractivity contribution in [3.63, 3.8) is 0 Å². The fourth-order valence-electron chi connectivity index (χ4n) is 3.16. The van der Waals surface area contributed by atoms with Crippen molar-refractivity contribution in [2.75, 3.05) is 19.8 Å². The van der Waals surface area contributed by atoms with Crippen molar-refractivity contribution in [2.45, 2.75) is 57.9 Å². The minimum absolute atomic E-state index is 0.345. The van der Waals surface area contributed by atoms with Gasteiger partial charge in [0.15, 0.2) is 5.82 Å². The van der Waals surface area contributed by atoms with E-state index in [0.717, 1.165) is 62.7 Å². The molecule has 0 radical (unpaired) electrons. The van der Waals surface area contributed by atoms with Gasteiger partial charge in [0, 0.05) is 19.4 Å². The van der Waals surface area contributed by atoms with Crippen molar-refractivity contribution < 1.29 is 9.47 Å². The zero-order chi connectivity index (χ0) is 17.3. The van der Waals surface area contributed by atoms with E-state index in [9.17, 15) is 0 Å². The Hall–Kier alpha value is -1.88. The zero-order valence-electron chi connectivity index (χ0n) is 15.2. The molecule has 0 amide bonds. The van der Waals surface area contributed by atoms with Crippen LogP contribution in [0.4, 0.5) is 0 Å². The topological polar surface area (TPSA) is 49.2 Å². The average molecular weight is 343 g/mol. The lowest BCUT2D eigenvalue weighted by Crippen LogP contribution is -2.15. The Morgan fingerprint density at radius 1 is 1.16 bits per heavy atom. The molecule has 1 unspecified atom stereocenters. The summed E-state index contributed by atoms with van der Waals surface area (Å²) >= 11 is 0. The molecule has 1 aliphatic heterocycles. The molecule has 5 heteroatoms. The monoisotopic (exact) mass is 343 g/mol. The molecule has 25 heavy (non-hydrogen) atoms. The number of ether oxygens (including phenoxy) is 2. The number of rotatable bonds is 10. The Morgan fingerprint density at radius 3 is 2.80 bits per heavy atom. The van der Waals surface area contributed by atoms with Gasteiger partial charge in [-0.15, -0.1) is 0 Å². The van der Waals surface area contributed by atoms with E-state index in [2.05, 4.69) is 11.6 Å². The molecule has 0 aliphatic carbocycles. The molecule has 136 valence electrons. The van der Waals surface area contributed by atoms with Gasteiger partial charge in [-0.05, 0) is 31.4 Å². The first kappa shape index (κ1) is 17.9. The van der Waals surface area contributed by atoms with Crippen LogP contribution in [0.2, 0.25) is 0 Å². The number of aryl methyl sites for hydroxylation is 2. The van der Waals surface area contributed by atoms with Gasteiger partial charge in [0.1, 0.15) is 11.6 Å². The molecule has 2 aromatic rings. The second-order valence-corrected chi connectivity index (χ2v) is 6.63. The number of unbranched alkanes of at least 4 members (excludes halogenated alkanes) is 2. The minimum atomic E-state index is 0.345. The maximum Gasteiger partial charge on any atom is 0.150 e. The van der Waals surface area contributed by atoms with Crippen LogP contribution in [-0.4, -0.2) is 34.6 Å².